The van der Waals surface area contributed by atoms with Gasteiger partial charge in [0.25, 0.3) is 8.56 Å². The molecule has 0 aliphatic carbocycles. The van der Waals surface area contributed by atoms with E-state index in [0.717, 1.165) is 13.1 Å². The molecule has 0 saturated carbocycles. The van der Waals surface area contributed by atoms with Crippen LogP contribution in [0.1, 0.15) is 34.6 Å². The zero-order chi connectivity index (χ0) is 13.1. The lowest BCUT2D eigenvalue weighted by Crippen LogP contribution is -2.76. The van der Waals surface area contributed by atoms with Gasteiger partial charge in [0, 0.05) is 0 Å². The van der Waals surface area contributed by atoms with E-state index in [9.17, 15) is 0 Å². The topological polar surface area (TPSA) is 9.72 Å². The lowest BCUT2D eigenvalue weighted by molar-refractivity contribution is 0.291. The van der Waals surface area contributed by atoms with Gasteiger partial charge in [-0.2, -0.15) is 0 Å². The summed E-state index contributed by atoms with van der Waals surface area (Å²) < 4.78 is 7.60. The molecule has 0 fully saturated rings. The van der Waals surface area contributed by atoms with Gasteiger partial charge in [-0.05, 0) is 46.3 Å². The minimum absolute atomic E-state index is 0.298. The molecule has 0 heterocycles. The molecule has 3 nitrogen and oxygen atoms in total. The maximum Gasteiger partial charge on any atom is 0.294 e. The fourth-order valence-corrected chi connectivity index (χ4v) is 9.89. The molecule has 0 spiro atoms. The van der Waals surface area contributed by atoms with Crippen LogP contribution in [-0.2, 0) is 0 Å². The van der Waals surface area contributed by atoms with Crippen molar-refractivity contribution in [1.29, 1.82) is 0 Å². The van der Waals surface area contributed by atoms with E-state index < -0.39 is 8.56 Å². The third kappa shape index (κ3) is 2.50. The molecule has 0 saturated heterocycles. The van der Waals surface area contributed by atoms with E-state index in [-0.39, 0.29) is 0 Å². The maximum absolute atomic E-state index is 2.66. The van der Waals surface area contributed by atoms with Gasteiger partial charge in [0.15, 0.2) is 0 Å². The molecule has 0 amide bonds. The average Bonchev–Trinajstić information content (AvgIpc) is 2.09. The van der Waals surface area contributed by atoms with Crippen molar-refractivity contribution in [2.45, 2.75) is 39.7 Å². The summed E-state index contributed by atoms with van der Waals surface area (Å²) in [6, 6.07) is 0. The lowest BCUT2D eigenvalue weighted by Gasteiger charge is -2.56. The summed E-state index contributed by atoms with van der Waals surface area (Å²) >= 11 is 0. The Balaban J connectivity index is 5.62. The van der Waals surface area contributed by atoms with Gasteiger partial charge in [0.1, 0.15) is 0 Å². The molecule has 4 heteroatoms. The summed E-state index contributed by atoms with van der Waals surface area (Å²) in [4.78, 5) is 0. The van der Waals surface area contributed by atoms with Crippen LogP contribution >= 0.6 is 0 Å². The van der Waals surface area contributed by atoms with Crippen molar-refractivity contribution in [2.24, 2.45) is 0 Å². The van der Waals surface area contributed by atoms with Crippen molar-refractivity contribution in [2.75, 3.05) is 41.3 Å². The molecule has 0 N–H and O–H groups in total. The Bertz CT molecular complexity index is 197. The second-order valence-electron chi connectivity index (χ2n) is 5.85. The summed E-state index contributed by atoms with van der Waals surface area (Å²) in [5.74, 6) is 0. The molecule has 0 aromatic heterocycles. The summed E-state index contributed by atoms with van der Waals surface area (Å²) in [7, 11) is 7.15. The second kappa shape index (κ2) is 5.62. The molecule has 0 radical (unpaired) electrons. The highest BCUT2D eigenvalue weighted by molar-refractivity contribution is 6.74. The van der Waals surface area contributed by atoms with Crippen LogP contribution in [0.2, 0.25) is 5.04 Å². The zero-order valence-corrected chi connectivity index (χ0v) is 13.8. The SMILES string of the molecule is CCN(CC)[Si](N(C)C)(N(C)C)C(C)(C)C. The third-order valence-electron chi connectivity index (χ3n) is 3.46. The minimum Gasteiger partial charge on any atom is -0.305 e. The Kier molecular flexibility index (Phi) is 5.66. The third-order valence-corrected chi connectivity index (χ3v) is 9.48. The number of rotatable bonds is 5. The highest BCUT2D eigenvalue weighted by atomic mass is 28.4. The van der Waals surface area contributed by atoms with Gasteiger partial charge >= 0.3 is 0 Å². The van der Waals surface area contributed by atoms with Crippen molar-refractivity contribution in [1.82, 2.24) is 13.7 Å². The number of hydrogen-bond acceptors (Lipinski definition) is 3. The van der Waals surface area contributed by atoms with Crippen LogP contribution in [0.25, 0.3) is 0 Å². The van der Waals surface area contributed by atoms with Crippen LogP contribution in [0.15, 0.2) is 0 Å². The van der Waals surface area contributed by atoms with Gasteiger partial charge in [-0.15, -0.1) is 0 Å². The first-order valence-corrected chi connectivity index (χ1v) is 8.10. The first kappa shape index (κ1) is 16.1. The van der Waals surface area contributed by atoms with Crippen molar-refractivity contribution < 1.29 is 0 Å². The smallest absolute Gasteiger partial charge is 0.294 e. The Labute approximate surface area is 104 Å². The predicted molar refractivity (Wildman–Crippen MR) is 75.8 cm³/mol. The Morgan fingerprint density at radius 1 is 0.812 bits per heavy atom. The first-order valence-electron chi connectivity index (χ1n) is 6.26. The first-order chi connectivity index (χ1) is 7.16. The highest BCUT2D eigenvalue weighted by Crippen LogP contribution is 2.40. The molecule has 98 valence electrons. The summed E-state index contributed by atoms with van der Waals surface area (Å²) in [5, 5.41) is 0.298. The van der Waals surface area contributed by atoms with E-state index in [2.05, 4.69) is 76.5 Å². The zero-order valence-electron chi connectivity index (χ0n) is 12.8. The van der Waals surface area contributed by atoms with E-state index in [0.29, 0.717) is 5.04 Å². The number of nitrogens with zero attached hydrogens (tertiary/aromatic N) is 3. The summed E-state index contributed by atoms with van der Waals surface area (Å²) in [5.41, 5.74) is 0. The van der Waals surface area contributed by atoms with Gasteiger partial charge < -0.3 is 9.13 Å². The van der Waals surface area contributed by atoms with E-state index >= 15 is 0 Å². The van der Waals surface area contributed by atoms with Crippen LogP contribution in [0.3, 0.4) is 0 Å². The van der Waals surface area contributed by atoms with Gasteiger partial charge in [0.05, 0.1) is 0 Å². The van der Waals surface area contributed by atoms with E-state index in [1.54, 1.807) is 0 Å². The minimum atomic E-state index is -1.78. The molecular formula is C12H31N3Si. The lowest BCUT2D eigenvalue weighted by atomic mass is 10.2. The van der Waals surface area contributed by atoms with Gasteiger partial charge in [-0.1, -0.05) is 34.6 Å². The molecule has 0 aliphatic rings. The molecule has 0 rings (SSSR count). The van der Waals surface area contributed by atoms with Crippen LogP contribution in [0.5, 0.6) is 0 Å². The van der Waals surface area contributed by atoms with Crippen LogP contribution in [0.4, 0.5) is 0 Å². The fraction of sp³-hybridized carbons (Fsp3) is 1.00. The fourth-order valence-electron chi connectivity index (χ4n) is 3.45. The predicted octanol–water partition coefficient (Wildman–Crippen LogP) is 2.19. The molecular weight excluding hydrogens is 214 g/mol. The molecule has 0 unspecified atom stereocenters. The monoisotopic (exact) mass is 245 g/mol. The number of hydrogen-bond donors (Lipinski definition) is 0. The Hall–Kier alpha value is 0.0969. The van der Waals surface area contributed by atoms with Crippen molar-refractivity contribution >= 4 is 8.56 Å². The highest BCUT2D eigenvalue weighted by Gasteiger charge is 2.54. The maximum atomic E-state index is 2.66. The van der Waals surface area contributed by atoms with Crippen molar-refractivity contribution in [3.63, 3.8) is 0 Å². The van der Waals surface area contributed by atoms with Crippen molar-refractivity contribution in [3.8, 4) is 0 Å². The van der Waals surface area contributed by atoms with Crippen LogP contribution in [0, 0.1) is 0 Å². The Morgan fingerprint density at radius 2 is 1.12 bits per heavy atom. The van der Waals surface area contributed by atoms with Crippen molar-refractivity contribution in [3.05, 3.63) is 0 Å². The van der Waals surface area contributed by atoms with Crippen LogP contribution < -0.4 is 0 Å². The van der Waals surface area contributed by atoms with Gasteiger partial charge in [-0.3, -0.25) is 4.57 Å². The Morgan fingerprint density at radius 3 is 1.19 bits per heavy atom. The van der Waals surface area contributed by atoms with E-state index in [1.807, 2.05) is 0 Å². The summed E-state index contributed by atoms with van der Waals surface area (Å²) in [6.45, 7) is 13.9. The van der Waals surface area contributed by atoms with Crippen LogP contribution in [-0.4, -0.2) is 63.5 Å². The standard InChI is InChI=1S/C12H31N3Si/c1-10-15(11-2)16(13(6)7,14(8)9)12(3,4)5/h10-11H2,1-9H3. The molecule has 0 bridgehead atoms. The second-order valence-corrected chi connectivity index (χ2v) is 11.0. The molecule has 0 aliphatic heterocycles. The average molecular weight is 245 g/mol. The molecule has 0 aromatic rings. The molecule has 16 heavy (non-hydrogen) atoms. The van der Waals surface area contributed by atoms with E-state index in [4.69, 9.17) is 0 Å². The molecule has 0 aromatic carbocycles. The molecule has 0 atom stereocenters. The quantitative estimate of drug-likeness (QED) is 0.688. The largest absolute Gasteiger partial charge is 0.305 e. The van der Waals surface area contributed by atoms with Gasteiger partial charge in [0.2, 0.25) is 0 Å². The summed E-state index contributed by atoms with van der Waals surface area (Å²) in [6.07, 6.45) is 0. The van der Waals surface area contributed by atoms with E-state index in [1.165, 1.54) is 0 Å². The van der Waals surface area contributed by atoms with Gasteiger partial charge in [-0.25, -0.2) is 0 Å². The normalized spacial score (nSPS) is 14.2.